The summed E-state index contributed by atoms with van der Waals surface area (Å²) in [6.07, 6.45) is 21.9. The first kappa shape index (κ1) is 22.8. The van der Waals surface area contributed by atoms with Crippen molar-refractivity contribution in [2.45, 2.75) is 84.0 Å². The van der Waals surface area contributed by atoms with E-state index in [9.17, 15) is 9.90 Å². The normalized spacial score (nSPS) is 11.1. The summed E-state index contributed by atoms with van der Waals surface area (Å²) in [6.45, 7) is 2.23. The molecule has 118 valence electrons. The van der Waals surface area contributed by atoms with Crippen LogP contribution in [0, 0.1) is 0 Å². The molecule has 0 aliphatic carbocycles. The summed E-state index contributed by atoms with van der Waals surface area (Å²) in [5, 5.41) is 10.2. The van der Waals surface area contributed by atoms with Crippen molar-refractivity contribution < 1.29 is 29.4 Å². The minimum Gasteiger partial charge on any atom is -0.550 e. The van der Waals surface area contributed by atoms with Crippen LogP contribution in [0.3, 0.4) is 0 Å². The molecule has 3 heteroatoms. The smallest absolute Gasteiger partial charge is 0.0414 e. The Morgan fingerprint density at radius 3 is 1.90 bits per heavy atom. The minimum absolute atomic E-state index is 0. The van der Waals surface area contributed by atoms with Crippen LogP contribution < -0.4 is 5.11 Å². The number of carbonyl (C=O) groups is 1. The van der Waals surface area contributed by atoms with Crippen molar-refractivity contribution in [3.05, 3.63) is 24.3 Å². The van der Waals surface area contributed by atoms with Gasteiger partial charge in [0.25, 0.3) is 0 Å². The van der Waals surface area contributed by atoms with Gasteiger partial charge in [0.05, 0.1) is 0 Å². The second-order valence-electron chi connectivity index (χ2n) is 5.35. The Labute approximate surface area is 143 Å². The van der Waals surface area contributed by atoms with Crippen molar-refractivity contribution >= 4 is 5.97 Å². The monoisotopic (exact) mass is 343 g/mol. The third-order valence-corrected chi connectivity index (χ3v) is 3.33. The first-order valence-electron chi connectivity index (χ1n) is 8.27. The Morgan fingerprint density at radius 2 is 1.33 bits per heavy atom. The van der Waals surface area contributed by atoms with Crippen LogP contribution in [0.1, 0.15) is 84.0 Å². The number of hydrogen-bond donors (Lipinski definition) is 0. The molecule has 0 amide bonds. The largest absolute Gasteiger partial charge is 0.550 e. The quantitative estimate of drug-likeness (QED) is 0.263. The van der Waals surface area contributed by atoms with E-state index in [4.69, 9.17) is 0 Å². The Balaban J connectivity index is 0. The standard InChI is InChI=1S/C18H32O2.Zn/c1-2-3-4-5-6-7-8-9-10-11-12-13-14-15-16-17-18(19)20;/h6-7,9-10H,2-5,8,11-17H2,1H3,(H,19,20);/p-1/b7-6-,10-9-;. The third-order valence-electron chi connectivity index (χ3n) is 3.33. The van der Waals surface area contributed by atoms with E-state index in [1.165, 1.54) is 38.5 Å². The number of unbranched alkanes of at least 4 members (excludes halogenated alkanes) is 8. The van der Waals surface area contributed by atoms with Gasteiger partial charge in [-0.2, -0.15) is 0 Å². The third kappa shape index (κ3) is 22.0. The van der Waals surface area contributed by atoms with Crippen LogP contribution in [0.25, 0.3) is 0 Å². The second-order valence-corrected chi connectivity index (χ2v) is 5.35. The summed E-state index contributed by atoms with van der Waals surface area (Å²) in [4.78, 5) is 10.2. The van der Waals surface area contributed by atoms with E-state index in [0.29, 0.717) is 0 Å². The van der Waals surface area contributed by atoms with Crippen LogP contribution in [0.2, 0.25) is 0 Å². The van der Waals surface area contributed by atoms with E-state index in [0.717, 1.165) is 32.1 Å². The van der Waals surface area contributed by atoms with Gasteiger partial charge >= 0.3 is 0 Å². The molecule has 0 atom stereocenters. The van der Waals surface area contributed by atoms with Crippen LogP contribution in [0.15, 0.2) is 24.3 Å². The molecule has 0 heterocycles. The summed E-state index contributed by atoms with van der Waals surface area (Å²) in [5.41, 5.74) is 0. The van der Waals surface area contributed by atoms with Crippen molar-refractivity contribution in [1.82, 2.24) is 0 Å². The minimum atomic E-state index is -0.921. The van der Waals surface area contributed by atoms with Gasteiger partial charge in [0.2, 0.25) is 0 Å². The zero-order valence-corrected chi connectivity index (χ0v) is 16.8. The van der Waals surface area contributed by atoms with E-state index >= 15 is 0 Å². The fraction of sp³-hybridized carbons (Fsp3) is 0.722. The molecule has 0 rings (SSSR count). The number of carboxylic acid groups (broad SMARTS) is 1. The van der Waals surface area contributed by atoms with Crippen molar-refractivity contribution in [2.75, 3.05) is 0 Å². The zero-order chi connectivity index (χ0) is 14.9. The predicted molar refractivity (Wildman–Crippen MR) is 84.4 cm³/mol. The van der Waals surface area contributed by atoms with Crippen LogP contribution in [-0.2, 0) is 24.3 Å². The Hall–Kier alpha value is -0.427. The van der Waals surface area contributed by atoms with E-state index in [1.807, 2.05) is 0 Å². The Kier molecular flexibility index (Phi) is 21.3. The van der Waals surface area contributed by atoms with Gasteiger partial charge in [-0.25, -0.2) is 0 Å². The number of aliphatic carboxylic acids is 1. The number of hydrogen-bond acceptors (Lipinski definition) is 2. The van der Waals surface area contributed by atoms with Crippen molar-refractivity contribution in [1.29, 1.82) is 0 Å². The fourth-order valence-electron chi connectivity index (χ4n) is 2.08. The molecule has 0 aromatic heterocycles. The molecule has 0 unspecified atom stereocenters. The van der Waals surface area contributed by atoms with E-state index in [-0.39, 0.29) is 25.9 Å². The Bertz CT molecular complexity index is 272. The van der Waals surface area contributed by atoms with Gasteiger partial charge in [-0.15, -0.1) is 0 Å². The maximum atomic E-state index is 10.2. The predicted octanol–water partition coefficient (Wildman–Crippen LogP) is 4.55. The van der Waals surface area contributed by atoms with E-state index in [2.05, 4.69) is 31.2 Å². The molecule has 0 fully saturated rings. The molecule has 21 heavy (non-hydrogen) atoms. The van der Waals surface area contributed by atoms with Gasteiger partial charge < -0.3 is 9.90 Å². The molecule has 0 aliphatic rings. The average Bonchev–Trinajstić information content (AvgIpc) is 2.43. The van der Waals surface area contributed by atoms with Gasteiger partial charge in [0.15, 0.2) is 0 Å². The van der Waals surface area contributed by atoms with Crippen LogP contribution in [-0.4, -0.2) is 5.97 Å². The molecule has 0 saturated heterocycles. The molecular formula is C18H31O2Zn-. The molecule has 0 aromatic rings. The SMILES string of the molecule is CCCCC/C=C\C/C=C\CCCCCCCC(=O)[O-].[Zn]. The number of carbonyl (C=O) groups excluding carboxylic acids is 1. The molecule has 0 bridgehead atoms. The van der Waals surface area contributed by atoms with Gasteiger partial charge in [0, 0.05) is 25.4 Å². The van der Waals surface area contributed by atoms with Crippen LogP contribution in [0.5, 0.6) is 0 Å². The van der Waals surface area contributed by atoms with E-state index < -0.39 is 5.97 Å². The number of carboxylic acids is 1. The molecule has 0 aliphatic heterocycles. The molecule has 0 N–H and O–H groups in total. The summed E-state index contributed by atoms with van der Waals surface area (Å²) in [5.74, 6) is -0.921. The average molecular weight is 345 g/mol. The Morgan fingerprint density at radius 1 is 0.810 bits per heavy atom. The zero-order valence-electron chi connectivity index (χ0n) is 13.8. The molecule has 0 radical (unpaired) electrons. The first-order chi connectivity index (χ1) is 9.77. The fourth-order valence-corrected chi connectivity index (χ4v) is 2.08. The molecular weight excluding hydrogens is 314 g/mol. The maximum absolute atomic E-state index is 10.2. The number of allylic oxidation sites excluding steroid dienone is 4. The molecule has 2 nitrogen and oxygen atoms in total. The summed E-state index contributed by atoms with van der Waals surface area (Å²) >= 11 is 0. The van der Waals surface area contributed by atoms with Gasteiger partial charge in [-0.05, 0) is 44.9 Å². The molecule has 0 saturated carbocycles. The molecule has 0 aromatic carbocycles. The van der Waals surface area contributed by atoms with Gasteiger partial charge in [-0.1, -0.05) is 63.3 Å². The maximum Gasteiger partial charge on any atom is 0.0414 e. The number of rotatable bonds is 14. The van der Waals surface area contributed by atoms with Crippen molar-refractivity contribution in [3.8, 4) is 0 Å². The van der Waals surface area contributed by atoms with Crippen molar-refractivity contribution in [2.24, 2.45) is 0 Å². The van der Waals surface area contributed by atoms with E-state index in [1.54, 1.807) is 0 Å². The van der Waals surface area contributed by atoms with Gasteiger partial charge in [0.1, 0.15) is 0 Å². The summed E-state index contributed by atoms with van der Waals surface area (Å²) < 4.78 is 0. The summed E-state index contributed by atoms with van der Waals surface area (Å²) in [6, 6.07) is 0. The van der Waals surface area contributed by atoms with Crippen LogP contribution >= 0.6 is 0 Å². The topological polar surface area (TPSA) is 40.1 Å². The first-order valence-corrected chi connectivity index (χ1v) is 8.27. The van der Waals surface area contributed by atoms with Gasteiger partial charge in [-0.3, -0.25) is 0 Å². The van der Waals surface area contributed by atoms with Crippen molar-refractivity contribution in [3.63, 3.8) is 0 Å². The second kappa shape index (κ2) is 19.6. The van der Waals surface area contributed by atoms with Crippen LogP contribution in [0.4, 0.5) is 0 Å². The molecule has 0 spiro atoms. The summed E-state index contributed by atoms with van der Waals surface area (Å²) in [7, 11) is 0.